The molecule has 0 aliphatic heterocycles. The van der Waals surface area contributed by atoms with Gasteiger partial charge in [-0.2, -0.15) is 15.0 Å². The van der Waals surface area contributed by atoms with Crippen LogP contribution in [0, 0.1) is 0 Å². The van der Waals surface area contributed by atoms with Gasteiger partial charge in [-0.05, 0) is 82.0 Å². The van der Waals surface area contributed by atoms with E-state index in [4.69, 9.17) is 13.3 Å². The molecule has 0 saturated carbocycles. The summed E-state index contributed by atoms with van der Waals surface area (Å²) in [6, 6.07) is 13.7. The molecule has 11 nitrogen and oxygen atoms in total. The van der Waals surface area contributed by atoms with Gasteiger partial charge in [-0.25, -0.2) is 13.5 Å². The number of ether oxygens (including phenoxy) is 2. The monoisotopic (exact) mass is 599 g/mol. The first-order valence-electron chi connectivity index (χ1n) is 13.5. The number of rotatable bonds is 15. The molecule has 13 heteroatoms. The lowest BCUT2D eigenvalue weighted by Crippen LogP contribution is -2.30. The van der Waals surface area contributed by atoms with Gasteiger partial charge in [0.2, 0.25) is 17.8 Å². The quantitative estimate of drug-likeness (QED) is 0.0880. The highest BCUT2D eigenvalue weighted by Gasteiger charge is 2.26. The van der Waals surface area contributed by atoms with E-state index in [0.717, 1.165) is 12.2 Å². The Morgan fingerprint density at radius 2 is 1.20 bits per heavy atom. The van der Waals surface area contributed by atoms with Gasteiger partial charge in [0.25, 0.3) is 8.32 Å². The average Bonchev–Trinajstić information content (AvgIpc) is 2.91. The van der Waals surface area contributed by atoms with Gasteiger partial charge in [0.15, 0.2) is 0 Å². The number of hydrogen-bond acceptors (Lipinski definition) is 11. The van der Waals surface area contributed by atoms with Gasteiger partial charge in [0, 0.05) is 24.3 Å². The van der Waals surface area contributed by atoms with Crippen LogP contribution in [0.25, 0.3) is 0 Å². The Morgan fingerprint density at radius 3 is 1.61 bits per heavy atom. The topological polar surface area (TPSA) is 137 Å². The number of hydrogen-bond donors (Lipinski definition) is 3. The van der Waals surface area contributed by atoms with Crippen molar-refractivity contribution in [3.8, 4) is 0 Å². The summed E-state index contributed by atoms with van der Waals surface area (Å²) in [7, 11) is -1.57. The molecule has 0 spiro atoms. The molecule has 1 unspecified atom stereocenters. The molecule has 0 fully saturated rings. The molecule has 0 aliphatic rings. The summed E-state index contributed by atoms with van der Waals surface area (Å²) in [6.07, 6.45) is 3.03. The molecule has 220 valence electrons. The molecule has 3 N–H and O–H groups in total. The third-order valence-electron chi connectivity index (χ3n) is 5.22. The minimum atomic E-state index is -1.57. The largest absolute Gasteiger partial charge is 0.462 e. The van der Waals surface area contributed by atoms with Gasteiger partial charge in [-0.3, -0.25) is 0 Å². The summed E-state index contributed by atoms with van der Waals surface area (Å²) in [5.41, 5.74) is 2.30. The van der Waals surface area contributed by atoms with Crippen LogP contribution in [0.1, 0.15) is 41.0 Å². The van der Waals surface area contributed by atoms with Gasteiger partial charge < -0.3 is 25.4 Å². The van der Waals surface area contributed by atoms with Crippen LogP contribution in [0.4, 0.5) is 29.2 Å². The Hall–Kier alpha value is -3.68. The van der Waals surface area contributed by atoms with Crippen molar-refractivity contribution in [1.29, 1.82) is 0 Å². The predicted octanol–water partition coefficient (Wildman–Crippen LogP) is 5.53. The van der Waals surface area contributed by atoms with E-state index in [0.29, 0.717) is 60.1 Å². The van der Waals surface area contributed by atoms with Crippen molar-refractivity contribution in [2.75, 3.05) is 47.7 Å². The SMILES string of the molecule is CCOC(=O)c1ccc(Nc2nc(NCCC[S+](C)O[Si](C)(C)C)nc(Nc3ccc(C(=O)OCC)cc3)n2)cc1. The summed E-state index contributed by atoms with van der Waals surface area (Å²) in [6.45, 7) is 11.4. The van der Waals surface area contributed by atoms with E-state index in [9.17, 15) is 9.59 Å². The Labute approximate surface area is 245 Å². The second kappa shape index (κ2) is 15.4. The summed E-state index contributed by atoms with van der Waals surface area (Å²) >= 11 is -0.0951. The van der Waals surface area contributed by atoms with Gasteiger partial charge in [0.05, 0.1) is 24.3 Å². The van der Waals surface area contributed by atoms with Gasteiger partial charge >= 0.3 is 11.9 Å². The number of nitrogens with one attached hydrogen (secondary N) is 3. The summed E-state index contributed by atoms with van der Waals surface area (Å²) in [5.74, 6) is 1.22. The lowest BCUT2D eigenvalue weighted by Gasteiger charge is -2.14. The normalized spacial score (nSPS) is 11.9. The third-order valence-corrected chi connectivity index (χ3v) is 9.23. The average molecular weight is 600 g/mol. The predicted molar refractivity (Wildman–Crippen MR) is 167 cm³/mol. The van der Waals surface area contributed by atoms with E-state index in [2.05, 4.69) is 56.8 Å². The number of esters is 2. The zero-order valence-corrected chi connectivity index (χ0v) is 26.3. The molecule has 1 heterocycles. The first-order chi connectivity index (χ1) is 19.6. The molecule has 3 aromatic rings. The maximum absolute atomic E-state index is 12.0. The standard InChI is InChI=1S/C28H38N6O5SSi/c1-7-37-24(35)20-10-14-22(15-11-20)30-27-32-26(29-18-9-19-40(3)39-41(4,5)6)33-28(34-27)31-23-16-12-21(13-17-23)25(36)38-8-2/h10-17H,7-9,18-19H2,1-6H3,(H2-,29,30,31,32,33,34,35,36)/p+1. The summed E-state index contributed by atoms with van der Waals surface area (Å²) in [5, 5.41) is 9.63. The Balaban J connectivity index is 1.74. The highest BCUT2D eigenvalue weighted by atomic mass is 32.2. The van der Waals surface area contributed by atoms with Crippen LogP contribution in [0.5, 0.6) is 0 Å². The van der Waals surface area contributed by atoms with E-state index in [1.807, 2.05) is 0 Å². The number of carbonyl (C=O) groups excluding carboxylic acids is 2. The molecule has 0 saturated heterocycles. The Bertz CT molecular complexity index is 1210. The van der Waals surface area contributed by atoms with Crippen LogP contribution in [0.2, 0.25) is 19.6 Å². The maximum atomic E-state index is 12.0. The minimum absolute atomic E-state index is 0.0951. The van der Waals surface area contributed by atoms with Crippen LogP contribution in [0.3, 0.4) is 0 Å². The second-order valence-electron chi connectivity index (χ2n) is 9.91. The molecule has 0 bridgehead atoms. The molecule has 41 heavy (non-hydrogen) atoms. The molecular weight excluding hydrogens is 560 g/mol. The number of benzene rings is 2. The molecule has 1 aromatic heterocycles. The molecule has 2 aromatic carbocycles. The first-order valence-corrected chi connectivity index (χ1v) is 18.6. The zero-order valence-electron chi connectivity index (χ0n) is 24.4. The van der Waals surface area contributed by atoms with Crippen molar-refractivity contribution in [2.24, 2.45) is 0 Å². The van der Waals surface area contributed by atoms with Crippen molar-refractivity contribution in [1.82, 2.24) is 15.0 Å². The fourth-order valence-corrected chi connectivity index (χ4v) is 7.88. The van der Waals surface area contributed by atoms with Gasteiger partial charge in [-0.15, -0.1) is 0 Å². The lowest BCUT2D eigenvalue weighted by molar-refractivity contribution is 0.0517. The van der Waals surface area contributed by atoms with Crippen molar-refractivity contribution >= 4 is 60.7 Å². The highest BCUT2D eigenvalue weighted by Crippen LogP contribution is 2.20. The summed E-state index contributed by atoms with van der Waals surface area (Å²) < 4.78 is 16.3. The second-order valence-corrected chi connectivity index (χ2v) is 16.4. The molecule has 1 atom stereocenters. The molecule has 0 aliphatic carbocycles. The van der Waals surface area contributed by atoms with E-state index in [1.165, 1.54) is 0 Å². The van der Waals surface area contributed by atoms with E-state index in [1.54, 1.807) is 62.4 Å². The van der Waals surface area contributed by atoms with Gasteiger partial charge in [0.1, 0.15) is 23.2 Å². The molecule has 0 amide bonds. The van der Waals surface area contributed by atoms with Crippen LogP contribution in [-0.4, -0.2) is 67.0 Å². The van der Waals surface area contributed by atoms with Crippen molar-refractivity contribution in [2.45, 2.75) is 39.9 Å². The smallest absolute Gasteiger partial charge is 0.338 e. The van der Waals surface area contributed by atoms with E-state index in [-0.39, 0.29) is 23.1 Å². The van der Waals surface area contributed by atoms with Crippen molar-refractivity contribution in [3.63, 3.8) is 0 Å². The highest BCUT2D eigenvalue weighted by molar-refractivity contribution is 7.92. The number of aromatic nitrogens is 3. The maximum Gasteiger partial charge on any atom is 0.338 e. The van der Waals surface area contributed by atoms with Crippen LogP contribution in [-0.2, 0) is 24.5 Å². The number of nitrogens with zero attached hydrogens (tertiary/aromatic N) is 3. The lowest BCUT2D eigenvalue weighted by atomic mass is 10.2. The van der Waals surface area contributed by atoms with Crippen molar-refractivity contribution < 1.29 is 22.9 Å². The summed E-state index contributed by atoms with van der Waals surface area (Å²) in [4.78, 5) is 37.5. The third kappa shape index (κ3) is 11.0. The molecule has 0 radical (unpaired) electrons. The minimum Gasteiger partial charge on any atom is -0.462 e. The van der Waals surface area contributed by atoms with Crippen LogP contribution in [0.15, 0.2) is 48.5 Å². The van der Waals surface area contributed by atoms with Crippen LogP contribution >= 0.6 is 0 Å². The van der Waals surface area contributed by atoms with Crippen LogP contribution < -0.4 is 16.0 Å². The van der Waals surface area contributed by atoms with Crippen molar-refractivity contribution in [3.05, 3.63) is 59.7 Å². The van der Waals surface area contributed by atoms with E-state index >= 15 is 0 Å². The number of anilines is 5. The molecule has 3 rings (SSSR count). The Kier molecular flexibility index (Phi) is 11.9. The fraction of sp³-hybridized carbons (Fsp3) is 0.393. The number of carbonyl (C=O) groups is 2. The zero-order chi connectivity index (χ0) is 29.8. The van der Waals surface area contributed by atoms with Gasteiger partial charge in [-0.1, -0.05) is 0 Å². The Morgan fingerprint density at radius 1 is 0.756 bits per heavy atom. The first kappa shape index (κ1) is 31.8. The fourth-order valence-electron chi connectivity index (χ4n) is 3.58. The van der Waals surface area contributed by atoms with E-state index < -0.39 is 8.32 Å². The molecular formula is C28H39N6O5SSi+.